The molecule has 4 heteroatoms. The Balaban J connectivity index is 2.72. The summed E-state index contributed by atoms with van der Waals surface area (Å²) in [5.74, 6) is 0.933. The third-order valence-corrected chi connectivity index (χ3v) is 2.28. The Morgan fingerprint density at radius 1 is 1.80 bits per heavy atom. The van der Waals surface area contributed by atoms with Gasteiger partial charge in [-0.05, 0) is 6.42 Å². The summed E-state index contributed by atoms with van der Waals surface area (Å²) in [6.07, 6.45) is 0.854. The number of aliphatic imine (C=N–C) groups is 1. The fourth-order valence-corrected chi connectivity index (χ4v) is 1.63. The zero-order valence-electron chi connectivity index (χ0n) is 5.87. The van der Waals surface area contributed by atoms with Gasteiger partial charge in [0.1, 0.15) is 0 Å². The van der Waals surface area contributed by atoms with Gasteiger partial charge in [-0.1, -0.05) is 23.8 Å². The van der Waals surface area contributed by atoms with Gasteiger partial charge in [0, 0.05) is 12.3 Å². The van der Waals surface area contributed by atoms with Gasteiger partial charge >= 0.3 is 0 Å². The maximum absolute atomic E-state index is 8.48. The first kappa shape index (κ1) is 7.60. The molecule has 0 spiro atoms. The molecule has 0 aliphatic carbocycles. The molecule has 0 saturated heterocycles. The van der Waals surface area contributed by atoms with Crippen LogP contribution in [0.15, 0.2) is 10.1 Å². The second-order valence-corrected chi connectivity index (χ2v) is 3.02. The summed E-state index contributed by atoms with van der Waals surface area (Å²) >= 11 is 1.57. The number of nitrogens with zero attached hydrogens (tertiary/aromatic N) is 2. The predicted molar refractivity (Wildman–Crippen MR) is 44.3 cm³/mol. The Labute approximate surface area is 64.2 Å². The molecule has 1 aliphatic heterocycles. The first-order valence-electron chi connectivity index (χ1n) is 3.27. The highest BCUT2D eigenvalue weighted by molar-refractivity contribution is 8.15. The topological polar surface area (TPSA) is 45.0 Å². The highest BCUT2D eigenvalue weighted by atomic mass is 32.2. The number of hydrogen-bond donors (Lipinski definition) is 1. The minimum absolute atomic E-state index is 0.689. The summed E-state index contributed by atoms with van der Waals surface area (Å²) < 4.78 is 0. The SMILES string of the molecule is CCC1=NCCSC1=NO. The molecular weight excluding hydrogens is 148 g/mol. The molecular formula is C6H10N2OS. The molecule has 0 amide bonds. The molecule has 0 unspecified atom stereocenters. The Morgan fingerprint density at radius 2 is 2.60 bits per heavy atom. The van der Waals surface area contributed by atoms with E-state index in [0.29, 0.717) is 5.04 Å². The molecule has 1 rings (SSSR count). The minimum atomic E-state index is 0.689. The molecule has 1 heterocycles. The van der Waals surface area contributed by atoms with Crippen LogP contribution in [0.2, 0.25) is 0 Å². The van der Waals surface area contributed by atoms with Crippen LogP contribution >= 0.6 is 11.8 Å². The van der Waals surface area contributed by atoms with Crippen LogP contribution in [-0.4, -0.2) is 28.3 Å². The van der Waals surface area contributed by atoms with E-state index in [4.69, 9.17) is 5.21 Å². The smallest absolute Gasteiger partial charge is 0.156 e. The number of thioether (sulfide) groups is 1. The third kappa shape index (κ3) is 1.50. The largest absolute Gasteiger partial charge is 0.410 e. The number of hydrogen-bond acceptors (Lipinski definition) is 4. The van der Waals surface area contributed by atoms with E-state index >= 15 is 0 Å². The van der Waals surface area contributed by atoms with E-state index in [1.165, 1.54) is 0 Å². The predicted octanol–water partition coefficient (Wildman–Crippen LogP) is 1.37. The molecule has 0 atom stereocenters. The zero-order valence-corrected chi connectivity index (χ0v) is 6.69. The highest BCUT2D eigenvalue weighted by Crippen LogP contribution is 2.12. The second-order valence-electron chi connectivity index (χ2n) is 1.94. The van der Waals surface area contributed by atoms with Gasteiger partial charge < -0.3 is 5.21 Å². The maximum Gasteiger partial charge on any atom is 0.156 e. The van der Waals surface area contributed by atoms with Crippen LogP contribution in [0.25, 0.3) is 0 Å². The standard InChI is InChI=1S/C6H10N2OS/c1-2-5-6(8-9)10-4-3-7-5/h9H,2-4H2,1H3. The van der Waals surface area contributed by atoms with Gasteiger partial charge in [-0.25, -0.2) is 0 Å². The van der Waals surface area contributed by atoms with Gasteiger partial charge in [-0.15, -0.1) is 0 Å². The fraction of sp³-hybridized carbons (Fsp3) is 0.667. The fourth-order valence-electron chi connectivity index (χ4n) is 0.823. The van der Waals surface area contributed by atoms with Crippen molar-refractivity contribution in [1.29, 1.82) is 0 Å². The summed E-state index contributed by atoms with van der Waals surface area (Å²) in [5.41, 5.74) is 0.929. The van der Waals surface area contributed by atoms with Crippen LogP contribution in [0.5, 0.6) is 0 Å². The van der Waals surface area contributed by atoms with Gasteiger partial charge in [0.05, 0.1) is 5.71 Å². The first-order chi connectivity index (χ1) is 4.88. The quantitative estimate of drug-likeness (QED) is 0.462. The average Bonchev–Trinajstić information content (AvgIpc) is 2.04. The number of oxime groups is 1. The molecule has 1 aliphatic rings. The third-order valence-electron chi connectivity index (χ3n) is 1.31. The summed E-state index contributed by atoms with van der Waals surface area (Å²) in [5, 5.41) is 12.3. The van der Waals surface area contributed by atoms with Gasteiger partial charge in [0.2, 0.25) is 0 Å². The molecule has 0 aromatic rings. The van der Waals surface area contributed by atoms with E-state index in [1.54, 1.807) is 11.8 Å². The van der Waals surface area contributed by atoms with Gasteiger partial charge in [-0.3, -0.25) is 4.99 Å². The van der Waals surface area contributed by atoms with Crippen molar-refractivity contribution in [2.45, 2.75) is 13.3 Å². The van der Waals surface area contributed by atoms with E-state index in [1.807, 2.05) is 6.92 Å². The Kier molecular flexibility index (Phi) is 2.74. The van der Waals surface area contributed by atoms with E-state index in [-0.39, 0.29) is 0 Å². The van der Waals surface area contributed by atoms with Crippen molar-refractivity contribution in [2.24, 2.45) is 10.1 Å². The van der Waals surface area contributed by atoms with Gasteiger partial charge in [0.15, 0.2) is 5.04 Å². The lowest BCUT2D eigenvalue weighted by molar-refractivity contribution is 0.321. The monoisotopic (exact) mass is 158 g/mol. The molecule has 0 aromatic carbocycles. The Morgan fingerprint density at radius 3 is 3.10 bits per heavy atom. The van der Waals surface area contributed by atoms with E-state index in [0.717, 1.165) is 24.4 Å². The van der Waals surface area contributed by atoms with Crippen molar-refractivity contribution < 1.29 is 5.21 Å². The van der Waals surface area contributed by atoms with Gasteiger partial charge in [0.25, 0.3) is 0 Å². The molecule has 0 bridgehead atoms. The second kappa shape index (κ2) is 3.61. The molecule has 0 fully saturated rings. The average molecular weight is 158 g/mol. The molecule has 3 nitrogen and oxygen atoms in total. The summed E-state index contributed by atoms with van der Waals surface area (Å²) in [4.78, 5) is 4.21. The van der Waals surface area contributed by atoms with E-state index in [9.17, 15) is 0 Å². The van der Waals surface area contributed by atoms with Crippen LogP contribution in [-0.2, 0) is 0 Å². The van der Waals surface area contributed by atoms with Gasteiger partial charge in [-0.2, -0.15) is 0 Å². The van der Waals surface area contributed by atoms with E-state index < -0.39 is 0 Å². The van der Waals surface area contributed by atoms with Crippen molar-refractivity contribution in [3.8, 4) is 0 Å². The molecule has 56 valence electrons. The molecule has 0 radical (unpaired) electrons. The summed E-state index contributed by atoms with van der Waals surface area (Å²) in [7, 11) is 0. The summed E-state index contributed by atoms with van der Waals surface area (Å²) in [6, 6.07) is 0. The minimum Gasteiger partial charge on any atom is -0.410 e. The normalized spacial score (nSPS) is 22.9. The maximum atomic E-state index is 8.48. The van der Waals surface area contributed by atoms with Crippen LogP contribution in [0.3, 0.4) is 0 Å². The lowest BCUT2D eigenvalue weighted by atomic mass is 10.3. The first-order valence-corrected chi connectivity index (χ1v) is 4.25. The van der Waals surface area contributed by atoms with Crippen LogP contribution in [0, 0.1) is 0 Å². The van der Waals surface area contributed by atoms with Crippen molar-refractivity contribution in [1.82, 2.24) is 0 Å². The highest BCUT2D eigenvalue weighted by Gasteiger charge is 2.11. The molecule has 1 N–H and O–H groups in total. The van der Waals surface area contributed by atoms with Crippen molar-refractivity contribution in [3.63, 3.8) is 0 Å². The van der Waals surface area contributed by atoms with Crippen molar-refractivity contribution >= 4 is 22.5 Å². The zero-order chi connectivity index (χ0) is 7.40. The lowest BCUT2D eigenvalue weighted by Gasteiger charge is -2.09. The van der Waals surface area contributed by atoms with Crippen molar-refractivity contribution in [3.05, 3.63) is 0 Å². The number of rotatable bonds is 1. The van der Waals surface area contributed by atoms with Crippen molar-refractivity contribution in [2.75, 3.05) is 12.3 Å². The lowest BCUT2D eigenvalue weighted by Crippen LogP contribution is -2.16. The Hall–Kier alpha value is -0.510. The van der Waals surface area contributed by atoms with E-state index in [2.05, 4.69) is 10.1 Å². The Bertz CT molecular complexity index is 177. The molecule has 10 heavy (non-hydrogen) atoms. The van der Waals surface area contributed by atoms with Crippen LogP contribution < -0.4 is 0 Å². The molecule has 0 saturated carbocycles. The molecule has 0 aromatic heterocycles. The van der Waals surface area contributed by atoms with Crippen LogP contribution in [0.1, 0.15) is 13.3 Å². The summed E-state index contributed by atoms with van der Waals surface area (Å²) in [6.45, 7) is 2.86. The van der Waals surface area contributed by atoms with Crippen LogP contribution in [0.4, 0.5) is 0 Å².